The summed E-state index contributed by atoms with van der Waals surface area (Å²) in [4.78, 5) is 2.42. The number of nitrogens with zero attached hydrogens (tertiary/aromatic N) is 2. The third kappa shape index (κ3) is 5.46. The SMILES string of the molecule is c1cc(-c2ccc(N(c3ccc(-c4cccc5c4oc4ccccc45)cc3)c3ccc(C45CC6[C@@H](CC[C@H]6C4)C5)cc3)cc2)cc(-n2c3ccccc3c3cc4ccccc4cc32)c1. The van der Waals surface area contributed by atoms with E-state index < -0.39 is 0 Å². The number of para-hydroxylation sites is 3. The van der Waals surface area contributed by atoms with Crippen molar-refractivity contribution >= 4 is 71.6 Å². The van der Waals surface area contributed by atoms with Crippen LogP contribution in [-0.4, -0.2) is 4.57 Å². The molecule has 0 amide bonds. The van der Waals surface area contributed by atoms with Gasteiger partial charge in [-0.05, 0) is 161 Å². The standard InChI is InChI=1S/C61H46N2O/c1-2-10-43-35-58-55(34-42(43)9-1)52-13-3-5-17-57(52)63(58)50-12-7-11-41(33-50)39-21-27-47(28-22-39)62(49-31-25-46(26-32-49)61-36-44-19-20-45(37-61)56(44)38-61)48-29-23-40(24-30-48)51-15-8-16-54-53-14-4-6-18-59(53)64-60(51)54/h1-18,21-35,44-45,56H,19-20,36-38H2/t44-,45-,56?,61?/m0/s1. The van der Waals surface area contributed by atoms with Crippen molar-refractivity contribution in [2.45, 2.75) is 37.5 Å². The maximum absolute atomic E-state index is 6.46. The number of benzene rings is 9. The van der Waals surface area contributed by atoms with Crippen molar-refractivity contribution in [2.75, 3.05) is 4.90 Å². The molecule has 2 bridgehead atoms. The summed E-state index contributed by atoms with van der Waals surface area (Å²) in [7, 11) is 0. The minimum Gasteiger partial charge on any atom is -0.455 e. The van der Waals surface area contributed by atoms with Gasteiger partial charge in [0.05, 0.1) is 11.0 Å². The summed E-state index contributed by atoms with van der Waals surface area (Å²) in [6.07, 6.45) is 7.05. The highest BCUT2D eigenvalue weighted by molar-refractivity contribution is 6.14. The fraction of sp³-hybridized carbons (Fsp3) is 0.148. The van der Waals surface area contributed by atoms with Gasteiger partial charge in [-0.25, -0.2) is 0 Å². The van der Waals surface area contributed by atoms with Gasteiger partial charge in [0.15, 0.2) is 0 Å². The first-order valence-electron chi connectivity index (χ1n) is 23.2. The lowest BCUT2D eigenvalue weighted by molar-refractivity contribution is 0.308. The Hall–Kier alpha value is -7.36. The number of furan rings is 1. The maximum atomic E-state index is 6.46. The smallest absolute Gasteiger partial charge is 0.143 e. The van der Waals surface area contributed by atoms with Gasteiger partial charge < -0.3 is 13.9 Å². The third-order valence-electron chi connectivity index (χ3n) is 15.7. The van der Waals surface area contributed by atoms with E-state index in [0.717, 1.165) is 67.9 Å². The van der Waals surface area contributed by atoms with E-state index in [9.17, 15) is 0 Å². The molecule has 0 unspecified atom stereocenters. The Labute approximate surface area is 372 Å². The summed E-state index contributed by atoms with van der Waals surface area (Å²) >= 11 is 0. The molecule has 3 aliphatic carbocycles. The highest BCUT2D eigenvalue weighted by Gasteiger charge is 2.58. The first-order valence-corrected chi connectivity index (χ1v) is 23.2. The van der Waals surface area contributed by atoms with Crippen molar-refractivity contribution in [1.29, 1.82) is 0 Å². The molecule has 9 aromatic carbocycles. The molecule has 2 atom stereocenters. The second-order valence-electron chi connectivity index (χ2n) is 19.0. The zero-order chi connectivity index (χ0) is 41.9. The Morgan fingerprint density at radius 2 is 1.08 bits per heavy atom. The van der Waals surface area contributed by atoms with Crippen molar-refractivity contribution in [3.05, 3.63) is 206 Å². The molecule has 2 aromatic heterocycles. The summed E-state index contributed by atoms with van der Waals surface area (Å²) in [5.41, 5.74) is 15.4. The van der Waals surface area contributed by atoms with Crippen LogP contribution < -0.4 is 4.90 Å². The Balaban J connectivity index is 0.842. The van der Waals surface area contributed by atoms with Crippen LogP contribution in [-0.2, 0) is 5.41 Å². The van der Waals surface area contributed by atoms with Crippen molar-refractivity contribution in [1.82, 2.24) is 4.57 Å². The van der Waals surface area contributed by atoms with Gasteiger partial charge >= 0.3 is 0 Å². The van der Waals surface area contributed by atoms with Crippen LogP contribution in [0.1, 0.15) is 37.7 Å². The summed E-state index contributed by atoms with van der Waals surface area (Å²) in [5, 5.41) is 7.36. The predicted molar refractivity (Wildman–Crippen MR) is 266 cm³/mol. The minimum atomic E-state index is 0.377. The fourth-order valence-electron chi connectivity index (χ4n) is 12.9. The van der Waals surface area contributed by atoms with Crippen LogP contribution in [0.15, 0.2) is 205 Å². The van der Waals surface area contributed by atoms with Crippen LogP contribution in [0.25, 0.3) is 82.5 Å². The lowest BCUT2D eigenvalue weighted by atomic mass is 9.75. The molecule has 64 heavy (non-hydrogen) atoms. The van der Waals surface area contributed by atoms with Crippen LogP contribution >= 0.6 is 0 Å². The first kappa shape index (κ1) is 36.2. The highest BCUT2D eigenvalue weighted by Crippen LogP contribution is 2.66. The van der Waals surface area contributed by atoms with Crippen LogP contribution in [0.3, 0.4) is 0 Å². The average molecular weight is 823 g/mol. The number of fused-ring (bicyclic) bond motifs is 8. The Morgan fingerprint density at radius 3 is 1.83 bits per heavy atom. The number of hydrogen-bond donors (Lipinski definition) is 0. The molecule has 11 aromatic rings. The topological polar surface area (TPSA) is 21.3 Å². The van der Waals surface area contributed by atoms with Gasteiger partial charge in [-0.1, -0.05) is 127 Å². The second kappa shape index (κ2) is 13.8. The molecule has 3 fully saturated rings. The van der Waals surface area contributed by atoms with Crippen LogP contribution in [0.5, 0.6) is 0 Å². The third-order valence-corrected chi connectivity index (χ3v) is 15.7. The van der Waals surface area contributed by atoms with E-state index >= 15 is 0 Å². The fourth-order valence-corrected chi connectivity index (χ4v) is 12.9. The molecule has 3 aliphatic rings. The highest BCUT2D eigenvalue weighted by atomic mass is 16.3. The molecule has 306 valence electrons. The summed E-state index contributed by atoms with van der Waals surface area (Å²) < 4.78 is 8.89. The van der Waals surface area contributed by atoms with Crippen molar-refractivity contribution in [3.63, 3.8) is 0 Å². The van der Waals surface area contributed by atoms with E-state index in [-0.39, 0.29) is 0 Å². The second-order valence-corrected chi connectivity index (χ2v) is 19.0. The number of hydrogen-bond acceptors (Lipinski definition) is 2. The molecule has 0 radical (unpaired) electrons. The monoisotopic (exact) mass is 822 g/mol. The quantitative estimate of drug-likeness (QED) is 0.160. The van der Waals surface area contributed by atoms with E-state index in [2.05, 4.69) is 204 Å². The van der Waals surface area contributed by atoms with Crippen molar-refractivity contribution in [2.24, 2.45) is 17.8 Å². The molecule has 0 saturated heterocycles. The van der Waals surface area contributed by atoms with E-state index in [1.54, 1.807) is 5.56 Å². The van der Waals surface area contributed by atoms with E-state index in [1.807, 2.05) is 6.07 Å². The van der Waals surface area contributed by atoms with Crippen LogP contribution in [0.2, 0.25) is 0 Å². The molecule has 0 spiro atoms. The van der Waals surface area contributed by atoms with Gasteiger partial charge in [-0.15, -0.1) is 0 Å². The van der Waals surface area contributed by atoms with Gasteiger partial charge in [-0.3, -0.25) is 0 Å². The number of rotatable bonds is 7. The summed E-state index contributed by atoms with van der Waals surface area (Å²) in [6.45, 7) is 0. The Bertz CT molecular complexity index is 3590. The average Bonchev–Trinajstić information content (AvgIpc) is 4.15. The van der Waals surface area contributed by atoms with Gasteiger partial charge in [0.25, 0.3) is 0 Å². The molecule has 0 N–H and O–H groups in total. The van der Waals surface area contributed by atoms with E-state index in [1.165, 1.54) is 81.5 Å². The molecule has 3 nitrogen and oxygen atoms in total. The Kier molecular flexibility index (Phi) is 7.81. The van der Waals surface area contributed by atoms with Gasteiger partial charge in [0.1, 0.15) is 11.2 Å². The van der Waals surface area contributed by atoms with E-state index in [0.29, 0.717) is 5.41 Å². The zero-order valence-corrected chi connectivity index (χ0v) is 35.6. The molecule has 2 heterocycles. The molecular weight excluding hydrogens is 777 g/mol. The van der Waals surface area contributed by atoms with Crippen molar-refractivity contribution < 1.29 is 4.42 Å². The number of anilines is 3. The van der Waals surface area contributed by atoms with E-state index in [4.69, 9.17) is 4.42 Å². The van der Waals surface area contributed by atoms with Crippen LogP contribution in [0, 0.1) is 17.8 Å². The van der Waals surface area contributed by atoms with Crippen LogP contribution in [0.4, 0.5) is 17.1 Å². The molecular formula is C61H46N2O. The summed E-state index contributed by atoms with van der Waals surface area (Å²) in [6, 6.07) is 73.9. The van der Waals surface area contributed by atoms with Gasteiger partial charge in [0, 0.05) is 49.9 Å². The van der Waals surface area contributed by atoms with Gasteiger partial charge in [-0.2, -0.15) is 0 Å². The predicted octanol–water partition coefficient (Wildman–Crippen LogP) is 16.7. The summed E-state index contributed by atoms with van der Waals surface area (Å²) in [5.74, 6) is 2.85. The first-order chi connectivity index (χ1) is 31.6. The minimum absolute atomic E-state index is 0.377. The lowest BCUT2D eigenvalue weighted by Crippen LogP contribution is -2.23. The normalized spacial score (nSPS) is 20.1. The van der Waals surface area contributed by atoms with Crippen molar-refractivity contribution in [3.8, 4) is 27.9 Å². The Morgan fingerprint density at radius 1 is 0.453 bits per heavy atom. The molecule has 3 heteroatoms. The largest absolute Gasteiger partial charge is 0.455 e. The van der Waals surface area contributed by atoms with Gasteiger partial charge in [0.2, 0.25) is 0 Å². The number of aromatic nitrogens is 1. The lowest BCUT2D eigenvalue weighted by Gasteiger charge is -2.31. The molecule has 14 rings (SSSR count). The maximum Gasteiger partial charge on any atom is 0.143 e. The molecule has 0 aliphatic heterocycles. The molecule has 3 saturated carbocycles. The zero-order valence-electron chi connectivity index (χ0n) is 35.6.